The van der Waals surface area contributed by atoms with Crippen LogP contribution in [0.4, 0.5) is 0 Å². The van der Waals surface area contributed by atoms with Gasteiger partial charge in [-0.1, -0.05) is 0 Å². The van der Waals surface area contributed by atoms with Crippen LogP contribution in [0.25, 0.3) is 11.0 Å². The lowest BCUT2D eigenvalue weighted by Crippen LogP contribution is -2.15. The number of benzene rings is 1. The Kier molecular flexibility index (Phi) is 2.21. The molecule has 1 aromatic heterocycles. The zero-order chi connectivity index (χ0) is 12.0. The highest BCUT2D eigenvalue weighted by atomic mass is 16.4. The number of aromatic hydroxyl groups is 1. The van der Waals surface area contributed by atoms with Crippen molar-refractivity contribution in [1.82, 2.24) is 0 Å². The summed E-state index contributed by atoms with van der Waals surface area (Å²) in [5, 5.41) is 10.7. The zero-order valence-electron chi connectivity index (χ0n) is 9.75. The van der Waals surface area contributed by atoms with Gasteiger partial charge in [0.25, 0.3) is 0 Å². The van der Waals surface area contributed by atoms with Crippen LogP contribution in [0.5, 0.6) is 5.75 Å². The molecule has 3 rings (SSSR count). The molecule has 3 heteroatoms. The van der Waals surface area contributed by atoms with Gasteiger partial charge in [0.05, 0.1) is 0 Å². The van der Waals surface area contributed by atoms with Crippen LogP contribution in [-0.4, -0.2) is 5.11 Å². The molecule has 3 nitrogen and oxygen atoms in total. The fourth-order valence-corrected chi connectivity index (χ4v) is 2.58. The molecule has 0 amide bonds. The molecule has 0 spiro atoms. The summed E-state index contributed by atoms with van der Waals surface area (Å²) in [5.41, 5.74) is 2.98. The molecule has 88 valence electrons. The van der Waals surface area contributed by atoms with Crippen LogP contribution in [-0.2, 0) is 12.8 Å². The summed E-state index contributed by atoms with van der Waals surface area (Å²) in [7, 11) is 0. The number of aryl methyl sites for hydroxylation is 2. The van der Waals surface area contributed by atoms with Crippen LogP contribution in [0, 0.1) is 6.92 Å². The van der Waals surface area contributed by atoms with Gasteiger partial charge >= 0.3 is 5.63 Å². The molecule has 1 N–H and O–H groups in total. The van der Waals surface area contributed by atoms with E-state index in [0.29, 0.717) is 5.58 Å². The van der Waals surface area contributed by atoms with Crippen LogP contribution in [0.3, 0.4) is 0 Å². The van der Waals surface area contributed by atoms with Crippen molar-refractivity contribution < 1.29 is 9.52 Å². The van der Waals surface area contributed by atoms with E-state index in [1.54, 1.807) is 19.1 Å². The summed E-state index contributed by atoms with van der Waals surface area (Å²) in [5.74, 6) is 0.263. The monoisotopic (exact) mass is 230 g/mol. The van der Waals surface area contributed by atoms with Gasteiger partial charge in [0, 0.05) is 10.9 Å². The van der Waals surface area contributed by atoms with E-state index >= 15 is 0 Å². The van der Waals surface area contributed by atoms with Crippen molar-refractivity contribution in [3.8, 4) is 5.75 Å². The molecule has 1 aliphatic carbocycles. The predicted octanol–water partition coefficient (Wildman–Crippen LogP) is 2.69. The molecule has 0 atom stereocenters. The summed E-state index contributed by atoms with van der Waals surface area (Å²) in [4.78, 5) is 11.8. The second kappa shape index (κ2) is 3.62. The van der Waals surface area contributed by atoms with E-state index < -0.39 is 0 Å². The van der Waals surface area contributed by atoms with Gasteiger partial charge in [-0.05, 0) is 55.9 Å². The Morgan fingerprint density at radius 3 is 2.65 bits per heavy atom. The molecule has 1 heterocycles. The molecule has 1 aromatic carbocycles. The van der Waals surface area contributed by atoms with E-state index in [-0.39, 0.29) is 11.4 Å². The third-order valence-electron chi connectivity index (χ3n) is 3.54. The SMILES string of the molecule is Cc1cc2oc(=O)c3c(c2cc1O)CCCC3. The number of phenols is 1. The minimum Gasteiger partial charge on any atom is -0.508 e. The Bertz CT molecular complexity index is 653. The van der Waals surface area contributed by atoms with Gasteiger partial charge in [0.2, 0.25) is 0 Å². The molecule has 0 radical (unpaired) electrons. The van der Waals surface area contributed by atoms with Gasteiger partial charge in [0.1, 0.15) is 11.3 Å². The van der Waals surface area contributed by atoms with Gasteiger partial charge in [-0.2, -0.15) is 0 Å². The molecule has 0 unspecified atom stereocenters. The first-order valence-corrected chi connectivity index (χ1v) is 5.95. The second-order valence-electron chi connectivity index (χ2n) is 4.69. The van der Waals surface area contributed by atoms with E-state index in [2.05, 4.69) is 0 Å². The average molecular weight is 230 g/mol. The quantitative estimate of drug-likeness (QED) is 0.708. The highest BCUT2D eigenvalue weighted by Crippen LogP contribution is 2.30. The largest absolute Gasteiger partial charge is 0.508 e. The summed E-state index contributed by atoms with van der Waals surface area (Å²) in [6.45, 7) is 1.80. The number of rotatable bonds is 0. The minimum absolute atomic E-state index is 0.211. The summed E-state index contributed by atoms with van der Waals surface area (Å²) < 4.78 is 5.33. The molecule has 2 aromatic rings. The fraction of sp³-hybridized carbons (Fsp3) is 0.357. The summed E-state index contributed by atoms with van der Waals surface area (Å²) in [6, 6.07) is 3.46. The molecule has 0 aliphatic heterocycles. The Morgan fingerprint density at radius 1 is 1.18 bits per heavy atom. The van der Waals surface area contributed by atoms with Gasteiger partial charge in [-0.15, -0.1) is 0 Å². The smallest absolute Gasteiger partial charge is 0.339 e. The third-order valence-corrected chi connectivity index (χ3v) is 3.54. The number of phenolic OH excluding ortho intramolecular Hbond substituents is 1. The molecular formula is C14H14O3. The van der Waals surface area contributed by atoms with Crippen molar-refractivity contribution in [2.45, 2.75) is 32.6 Å². The normalized spacial score (nSPS) is 14.9. The van der Waals surface area contributed by atoms with Crippen LogP contribution >= 0.6 is 0 Å². The zero-order valence-corrected chi connectivity index (χ0v) is 9.75. The first kappa shape index (κ1) is 10.4. The van der Waals surface area contributed by atoms with Crippen molar-refractivity contribution in [2.24, 2.45) is 0 Å². The molecule has 0 saturated heterocycles. The molecule has 0 saturated carbocycles. The molecule has 0 bridgehead atoms. The van der Waals surface area contributed by atoms with Crippen molar-refractivity contribution in [3.63, 3.8) is 0 Å². The highest BCUT2D eigenvalue weighted by Gasteiger charge is 2.18. The summed E-state index contributed by atoms with van der Waals surface area (Å²) >= 11 is 0. The van der Waals surface area contributed by atoms with E-state index in [0.717, 1.165) is 47.8 Å². The highest BCUT2D eigenvalue weighted by molar-refractivity contribution is 5.84. The third kappa shape index (κ3) is 1.54. The molecular weight excluding hydrogens is 216 g/mol. The van der Waals surface area contributed by atoms with E-state index in [1.807, 2.05) is 0 Å². The number of hydrogen-bond acceptors (Lipinski definition) is 3. The molecule has 17 heavy (non-hydrogen) atoms. The van der Waals surface area contributed by atoms with Crippen LogP contribution in [0.15, 0.2) is 21.3 Å². The van der Waals surface area contributed by atoms with Crippen LogP contribution < -0.4 is 5.63 Å². The van der Waals surface area contributed by atoms with Crippen LogP contribution in [0.1, 0.15) is 29.5 Å². The van der Waals surface area contributed by atoms with E-state index in [9.17, 15) is 9.90 Å². The van der Waals surface area contributed by atoms with Gasteiger partial charge < -0.3 is 9.52 Å². The van der Waals surface area contributed by atoms with Crippen molar-refractivity contribution >= 4 is 11.0 Å². The van der Waals surface area contributed by atoms with Crippen molar-refractivity contribution in [2.75, 3.05) is 0 Å². The molecule has 0 fully saturated rings. The maximum absolute atomic E-state index is 11.8. The van der Waals surface area contributed by atoms with Gasteiger partial charge in [0.15, 0.2) is 0 Å². The Morgan fingerprint density at radius 2 is 1.88 bits per heavy atom. The fourth-order valence-electron chi connectivity index (χ4n) is 2.58. The lowest BCUT2D eigenvalue weighted by Gasteiger charge is -2.16. The Hall–Kier alpha value is -1.77. The first-order chi connectivity index (χ1) is 8.16. The molecule has 1 aliphatic rings. The topological polar surface area (TPSA) is 50.4 Å². The Balaban J connectivity index is 2.43. The number of hydrogen-bond donors (Lipinski definition) is 1. The minimum atomic E-state index is -0.211. The number of fused-ring (bicyclic) bond motifs is 3. The lowest BCUT2D eigenvalue weighted by molar-refractivity contribution is 0.470. The summed E-state index contributed by atoms with van der Waals surface area (Å²) in [6.07, 6.45) is 3.84. The van der Waals surface area contributed by atoms with Crippen molar-refractivity contribution in [1.29, 1.82) is 0 Å². The second-order valence-corrected chi connectivity index (χ2v) is 4.69. The van der Waals surface area contributed by atoms with Gasteiger partial charge in [-0.25, -0.2) is 4.79 Å². The van der Waals surface area contributed by atoms with E-state index in [1.165, 1.54) is 0 Å². The van der Waals surface area contributed by atoms with E-state index in [4.69, 9.17) is 4.42 Å². The first-order valence-electron chi connectivity index (χ1n) is 5.95. The van der Waals surface area contributed by atoms with Crippen LogP contribution in [0.2, 0.25) is 0 Å². The predicted molar refractivity (Wildman–Crippen MR) is 65.5 cm³/mol. The Labute approximate surface area is 98.7 Å². The standard InChI is InChI=1S/C14H14O3/c1-8-6-13-11(7-12(8)15)9-4-2-3-5-10(9)14(16)17-13/h6-7,15H,2-5H2,1H3. The maximum Gasteiger partial charge on any atom is 0.339 e. The lowest BCUT2D eigenvalue weighted by atomic mass is 9.90. The van der Waals surface area contributed by atoms with Crippen molar-refractivity contribution in [3.05, 3.63) is 39.2 Å². The maximum atomic E-state index is 11.8. The van der Waals surface area contributed by atoms with Gasteiger partial charge in [-0.3, -0.25) is 0 Å². The average Bonchev–Trinajstić information content (AvgIpc) is 2.32.